The number of alkyl halides is 2. The number of esters is 1. The highest BCUT2D eigenvalue weighted by atomic mass is 19.3. The van der Waals surface area contributed by atoms with E-state index in [-0.39, 0.29) is 29.0 Å². The number of hydrogen-bond donors (Lipinski definition) is 0. The second-order valence-electron chi connectivity index (χ2n) is 6.36. The minimum Gasteiger partial charge on any atom is -0.467 e. The summed E-state index contributed by atoms with van der Waals surface area (Å²) in [6.07, 6.45) is -1.41. The summed E-state index contributed by atoms with van der Waals surface area (Å²) >= 11 is 0. The lowest BCUT2D eigenvalue weighted by Crippen LogP contribution is -2.42. The maximum Gasteiger partial charge on any atom is 0.328 e. The van der Waals surface area contributed by atoms with E-state index in [1.54, 1.807) is 13.8 Å². The molecule has 0 spiro atoms. The Labute approximate surface area is 148 Å². The van der Waals surface area contributed by atoms with Gasteiger partial charge in [0.25, 0.3) is 6.43 Å². The molecule has 140 valence electrons. The molecule has 1 fully saturated rings. The Bertz CT molecular complexity index is 865. The van der Waals surface area contributed by atoms with Gasteiger partial charge in [0.1, 0.15) is 12.6 Å². The SMILES string of the molecule is COC(=O)C1CCCN1C(=O)Cn1nc(C)c2c(C(F)F)cc(C)nc21. The van der Waals surface area contributed by atoms with E-state index in [2.05, 4.69) is 10.1 Å². The number of hydrogen-bond acceptors (Lipinski definition) is 5. The molecule has 0 aliphatic carbocycles. The smallest absolute Gasteiger partial charge is 0.328 e. The van der Waals surface area contributed by atoms with Crippen molar-refractivity contribution < 1.29 is 23.1 Å². The number of pyridine rings is 1. The van der Waals surface area contributed by atoms with E-state index < -0.39 is 18.4 Å². The van der Waals surface area contributed by atoms with Crippen molar-refractivity contribution in [2.75, 3.05) is 13.7 Å². The minimum atomic E-state index is -2.66. The van der Waals surface area contributed by atoms with Crippen LogP contribution in [0.3, 0.4) is 0 Å². The standard InChI is InChI=1S/C17H20F2N4O3/c1-9-7-11(15(18)19)14-10(2)21-23(16(14)20-9)8-13(24)22-6-4-5-12(22)17(25)26-3/h7,12,15H,4-6,8H2,1-3H3. The van der Waals surface area contributed by atoms with Crippen molar-refractivity contribution in [3.8, 4) is 0 Å². The van der Waals surface area contributed by atoms with Crippen molar-refractivity contribution >= 4 is 22.9 Å². The highest BCUT2D eigenvalue weighted by Crippen LogP contribution is 2.30. The molecule has 0 N–H and O–H groups in total. The van der Waals surface area contributed by atoms with E-state index in [0.29, 0.717) is 30.8 Å². The van der Waals surface area contributed by atoms with Gasteiger partial charge in [-0.25, -0.2) is 23.2 Å². The summed E-state index contributed by atoms with van der Waals surface area (Å²) in [5.74, 6) is -0.768. The van der Waals surface area contributed by atoms with Crippen LogP contribution in [-0.2, 0) is 20.9 Å². The van der Waals surface area contributed by atoms with E-state index in [1.165, 1.54) is 22.8 Å². The van der Waals surface area contributed by atoms with Gasteiger partial charge in [-0.15, -0.1) is 0 Å². The van der Waals surface area contributed by atoms with Gasteiger partial charge in [0, 0.05) is 17.8 Å². The van der Waals surface area contributed by atoms with E-state index >= 15 is 0 Å². The van der Waals surface area contributed by atoms with Crippen molar-refractivity contribution in [1.82, 2.24) is 19.7 Å². The Kier molecular flexibility index (Phi) is 4.88. The third kappa shape index (κ3) is 3.13. The van der Waals surface area contributed by atoms with E-state index in [0.717, 1.165) is 0 Å². The first-order valence-corrected chi connectivity index (χ1v) is 8.33. The lowest BCUT2D eigenvalue weighted by Gasteiger charge is -2.22. The Morgan fingerprint density at radius 3 is 2.77 bits per heavy atom. The number of rotatable bonds is 4. The predicted octanol–water partition coefficient (Wildman–Crippen LogP) is 2.15. The number of carbonyl (C=O) groups is 2. The molecule has 0 aromatic carbocycles. The van der Waals surface area contributed by atoms with Gasteiger partial charge in [-0.1, -0.05) is 0 Å². The zero-order valence-electron chi connectivity index (χ0n) is 14.8. The summed E-state index contributed by atoms with van der Waals surface area (Å²) < 4.78 is 32.8. The van der Waals surface area contributed by atoms with E-state index in [4.69, 9.17) is 4.74 Å². The van der Waals surface area contributed by atoms with Crippen LogP contribution in [0.25, 0.3) is 11.0 Å². The Morgan fingerprint density at radius 2 is 2.12 bits per heavy atom. The van der Waals surface area contributed by atoms with Gasteiger partial charge < -0.3 is 9.64 Å². The predicted molar refractivity (Wildman–Crippen MR) is 88.7 cm³/mol. The normalized spacial score (nSPS) is 17.3. The summed E-state index contributed by atoms with van der Waals surface area (Å²) in [5.41, 5.74) is 0.925. The zero-order valence-corrected chi connectivity index (χ0v) is 14.8. The third-order valence-electron chi connectivity index (χ3n) is 4.60. The van der Waals surface area contributed by atoms with Crippen molar-refractivity contribution in [3.05, 3.63) is 23.0 Å². The Balaban J connectivity index is 1.94. The maximum atomic E-state index is 13.4. The number of likely N-dealkylation sites (tertiary alicyclic amines) is 1. The molecule has 0 radical (unpaired) electrons. The molecule has 0 saturated carbocycles. The van der Waals surface area contributed by atoms with Crippen LogP contribution < -0.4 is 0 Å². The molecule has 1 saturated heterocycles. The van der Waals surface area contributed by atoms with Gasteiger partial charge in [0.2, 0.25) is 5.91 Å². The number of carbonyl (C=O) groups excluding carboxylic acids is 2. The number of fused-ring (bicyclic) bond motifs is 1. The summed E-state index contributed by atoms with van der Waals surface area (Å²) in [6, 6.07) is 0.725. The molecule has 0 bridgehead atoms. The average Bonchev–Trinajstić information content (AvgIpc) is 3.19. The molecule has 9 heteroatoms. The van der Waals surface area contributed by atoms with Crippen molar-refractivity contribution in [3.63, 3.8) is 0 Å². The van der Waals surface area contributed by atoms with Crippen LogP contribution in [0.4, 0.5) is 8.78 Å². The second kappa shape index (κ2) is 6.97. The highest BCUT2D eigenvalue weighted by Gasteiger charge is 2.35. The quantitative estimate of drug-likeness (QED) is 0.775. The molecule has 1 aliphatic rings. The third-order valence-corrected chi connectivity index (χ3v) is 4.60. The summed E-state index contributed by atoms with van der Waals surface area (Å²) in [7, 11) is 1.28. The van der Waals surface area contributed by atoms with Crippen LogP contribution in [0.15, 0.2) is 6.07 Å². The maximum absolute atomic E-state index is 13.4. The molecule has 1 unspecified atom stereocenters. The number of ether oxygens (including phenoxy) is 1. The van der Waals surface area contributed by atoms with Gasteiger partial charge in [-0.05, 0) is 32.8 Å². The molecule has 1 amide bonds. The lowest BCUT2D eigenvalue weighted by molar-refractivity contribution is -0.151. The summed E-state index contributed by atoms with van der Waals surface area (Å²) in [5, 5.41) is 4.50. The minimum absolute atomic E-state index is 0.141. The van der Waals surface area contributed by atoms with Crippen molar-refractivity contribution in [2.45, 2.75) is 45.7 Å². The molecule has 26 heavy (non-hydrogen) atoms. The first-order chi connectivity index (χ1) is 12.3. The second-order valence-corrected chi connectivity index (χ2v) is 6.36. The zero-order chi connectivity index (χ0) is 19.0. The van der Waals surface area contributed by atoms with Crippen molar-refractivity contribution in [1.29, 1.82) is 0 Å². The lowest BCUT2D eigenvalue weighted by atomic mass is 10.1. The van der Waals surface area contributed by atoms with E-state index in [1.807, 2.05) is 0 Å². The fourth-order valence-corrected chi connectivity index (χ4v) is 3.47. The van der Waals surface area contributed by atoms with Crippen LogP contribution in [0.1, 0.15) is 36.2 Å². The number of aryl methyl sites for hydroxylation is 2. The van der Waals surface area contributed by atoms with Crippen LogP contribution in [0, 0.1) is 13.8 Å². The number of halogens is 2. The molecule has 1 aliphatic heterocycles. The van der Waals surface area contributed by atoms with Crippen LogP contribution in [-0.4, -0.2) is 51.2 Å². The first-order valence-electron chi connectivity index (χ1n) is 8.33. The molecule has 3 rings (SSSR count). The van der Waals surface area contributed by atoms with Gasteiger partial charge >= 0.3 is 5.97 Å². The molecular weight excluding hydrogens is 346 g/mol. The first kappa shape index (κ1) is 18.2. The van der Waals surface area contributed by atoms with Crippen LogP contribution in [0.5, 0.6) is 0 Å². The van der Waals surface area contributed by atoms with Gasteiger partial charge in [-0.2, -0.15) is 5.10 Å². The molecule has 1 atom stereocenters. The monoisotopic (exact) mass is 366 g/mol. The highest BCUT2D eigenvalue weighted by molar-refractivity contribution is 5.87. The molecule has 3 heterocycles. The largest absolute Gasteiger partial charge is 0.467 e. The van der Waals surface area contributed by atoms with Crippen molar-refractivity contribution in [2.24, 2.45) is 0 Å². The summed E-state index contributed by atoms with van der Waals surface area (Å²) in [4.78, 5) is 30.3. The van der Waals surface area contributed by atoms with E-state index in [9.17, 15) is 18.4 Å². The number of methoxy groups -OCH3 is 1. The number of amides is 1. The number of aromatic nitrogens is 3. The fraction of sp³-hybridized carbons (Fsp3) is 0.529. The van der Waals surface area contributed by atoms with Crippen LogP contribution >= 0.6 is 0 Å². The fourth-order valence-electron chi connectivity index (χ4n) is 3.47. The molecule has 2 aromatic heterocycles. The topological polar surface area (TPSA) is 77.3 Å². The summed E-state index contributed by atoms with van der Waals surface area (Å²) in [6.45, 7) is 3.51. The Hall–Kier alpha value is -2.58. The van der Waals surface area contributed by atoms with Gasteiger partial charge in [0.15, 0.2) is 5.65 Å². The average molecular weight is 366 g/mol. The molecular formula is C17H20F2N4O3. The van der Waals surface area contributed by atoms with Gasteiger partial charge in [-0.3, -0.25) is 4.79 Å². The van der Waals surface area contributed by atoms with Crippen LogP contribution in [0.2, 0.25) is 0 Å². The molecule has 7 nitrogen and oxygen atoms in total. The molecule has 2 aromatic rings. The Morgan fingerprint density at radius 1 is 1.38 bits per heavy atom. The van der Waals surface area contributed by atoms with Gasteiger partial charge in [0.05, 0.1) is 18.2 Å². The number of nitrogens with zero attached hydrogens (tertiary/aromatic N) is 4.